The van der Waals surface area contributed by atoms with Crippen LogP contribution in [-0.4, -0.2) is 33.6 Å². The fourth-order valence-electron chi connectivity index (χ4n) is 6.80. The number of carboxylic acids is 1. The number of fused-ring (bicyclic) bond motifs is 3. The first kappa shape index (κ1) is 33.4. The molecule has 2 aliphatic carbocycles. The van der Waals surface area contributed by atoms with Crippen LogP contribution in [0.4, 0.5) is 32.0 Å². The van der Waals surface area contributed by atoms with E-state index < -0.39 is 67.7 Å². The Morgan fingerprint density at radius 1 is 1.00 bits per heavy atom. The van der Waals surface area contributed by atoms with E-state index in [9.17, 15) is 44.7 Å². The molecule has 6 rings (SSSR count). The average Bonchev–Trinajstić information content (AvgIpc) is 3.55. The number of nitrogens with zero attached hydrogens (tertiary/aromatic N) is 1. The molecule has 0 unspecified atom stereocenters. The molecule has 45 heavy (non-hydrogen) atoms. The number of halogens is 6. The number of sulfonamides is 1. The summed E-state index contributed by atoms with van der Waals surface area (Å²) in [5, 5.41) is 12.0. The van der Waals surface area contributed by atoms with Crippen molar-refractivity contribution < 1.29 is 83.7 Å². The van der Waals surface area contributed by atoms with Crippen LogP contribution in [0.1, 0.15) is 37.7 Å². The average molecular weight is 664 g/mol. The molecular formula is C30H24F6NNaO6S. The molecular weight excluding hydrogens is 639 g/mol. The molecule has 234 valence electrons. The predicted octanol–water partition coefficient (Wildman–Crippen LogP) is 2.77. The van der Waals surface area contributed by atoms with Gasteiger partial charge in [0.2, 0.25) is 0 Å². The number of anilines is 1. The van der Waals surface area contributed by atoms with E-state index in [4.69, 9.17) is 4.74 Å². The summed E-state index contributed by atoms with van der Waals surface area (Å²) in [4.78, 5) is 11.3. The minimum Gasteiger partial charge on any atom is -0.550 e. The quantitative estimate of drug-likeness (QED) is 0.285. The Morgan fingerprint density at radius 2 is 1.71 bits per heavy atom. The van der Waals surface area contributed by atoms with Gasteiger partial charge in [-0.15, -0.1) is 0 Å². The molecule has 0 spiro atoms. The fraction of sp³-hybridized carbons (Fsp3) is 0.367. The number of hydrogen-bond acceptors (Lipinski definition) is 6. The summed E-state index contributed by atoms with van der Waals surface area (Å²) in [6, 6.07) is 10.3. The van der Waals surface area contributed by atoms with Gasteiger partial charge >= 0.3 is 42.3 Å². The number of carbonyl (C=O) groups excluding carboxylic acids is 1. The van der Waals surface area contributed by atoms with E-state index in [1.807, 2.05) is 0 Å². The minimum absolute atomic E-state index is 0. The van der Waals surface area contributed by atoms with Gasteiger partial charge in [-0.3, -0.25) is 4.31 Å². The summed E-state index contributed by atoms with van der Waals surface area (Å²) < 4.78 is 120. The van der Waals surface area contributed by atoms with Crippen LogP contribution in [0.25, 0.3) is 11.1 Å². The third kappa shape index (κ3) is 6.01. The molecule has 1 atom stereocenters. The van der Waals surface area contributed by atoms with Crippen LogP contribution in [0.15, 0.2) is 65.6 Å². The van der Waals surface area contributed by atoms with Crippen molar-refractivity contribution in [3.05, 3.63) is 72.0 Å². The van der Waals surface area contributed by atoms with Gasteiger partial charge in [-0.05, 0) is 85.7 Å². The van der Waals surface area contributed by atoms with Crippen molar-refractivity contribution in [2.75, 3.05) is 10.8 Å². The maximum absolute atomic E-state index is 14.3. The molecule has 2 saturated carbocycles. The molecule has 0 saturated heterocycles. The van der Waals surface area contributed by atoms with Crippen LogP contribution in [0.3, 0.4) is 0 Å². The number of benzene rings is 3. The van der Waals surface area contributed by atoms with Crippen molar-refractivity contribution in [1.29, 1.82) is 0 Å². The molecule has 15 heteroatoms. The van der Waals surface area contributed by atoms with Crippen molar-refractivity contribution in [2.45, 2.75) is 55.9 Å². The number of rotatable bonds is 7. The van der Waals surface area contributed by atoms with E-state index in [-0.39, 0.29) is 65.1 Å². The van der Waals surface area contributed by atoms with E-state index in [2.05, 4.69) is 4.74 Å². The topological polar surface area (TPSA) is 96.0 Å². The molecule has 3 aromatic carbocycles. The fourth-order valence-corrected chi connectivity index (χ4v) is 8.32. The maximum Gasteiger partial charge on any atom is 1.00 e. The predicted molar refractivity (Wildman–Crippen MR) is 142 cm³/mol. The number of carboxylic acid groups (broad SMARTS) is 1. The molecule has 0 aromatic heterocycles. The normalized spacial score (nSPS) is 24.2. The minimum atomic E-state index is -4.82. The van der Waals surface area contributed by atoms with Gasteiger partial charge in [0, 0.05) is 22.9 Å². The first-order valence-corrected chi connectivity index (χ1v) is 15.0. The van der Waals surface area contributed by atoms with Gasteiger partial charge in [-0.25, -0.2) is 12.8 Å². The molecule has 3 aromatic rings. The van der Waals surface area contributed by atoms with Gasteiger partial charge in [0.15, 0.2) is 0 Å². The second kappa shape index (κ2) is 11.7. The first-order valence-electron chi connectivity index (χ1n) is 13.6. The first-order chi connectivity index (χ1) is 20.6. The summed E-state index contributed by atoms with van der Waals surface area (Å²) in [6.07, 6.45) is -3.97. The summed E-state index contributed by atoms with van der Waals surface area (Å²) in [5.74, 6) is -2.52. The Hall–Kier alpha value is -2.94. The van der Waals surface area contributed by atoms with E-state index in [1.165, 1.54) is 18.2 Å². The van der Waals surface area contributed by atoms with Gasteiger partial charge < -0.3 is 19.4 Å². The zero-order valence-corrected chi connectivity index (χ0v) is 26.6. The second-order valence-corrected chi connectivity index (χ2v) is 13.4. The third-order valence-electron chi connectivity index (χ3n) is 9.02. The van der Waals surface area contributed by atoms with E-state index >= 15 is 0 Å². The molecule has 2 bridgehead atoms. The molecule has 0 N–H and O–H groups in total. The largest absolute Gasteiger partial charge is 1.00 e. The van der Waals surface area contributed by atoms with Crippen molar-refractivity contribution in [1.82, 2.24) is 0 Å². The summed E-state index contributed by atoms with van der Waals surface area (Å²) in [7, 11) is -4.68. The van der Waals surface area contributed by atoms with Crippen molar-refractivity contribution in [3.8, 4) is 22.6 Å². The Balaban J connectivity index is 0.00000400. The second-order valence-electron chi connectivity index (χ2n) is 11.5. The van der Waals surface area contributed by atoms with Gasteiger partial charge in [0.25, 0.3) is 10.0 Å². The monoisotopic (exact) mass is 663 g/mol. The van der Waals surface area contributed by atoms with Crippen LogP contribution < -0.4 is 48.4 Å². The third-order valence-corrected chi connectivity index (χ3v) is 10.8. The van der Waals surface area contributed by atoms with Gasteiger partial charge in [0.05, 0.1) is 22.7 Å². The van der Waals surface area contributed by atoms with E-state index in [1.54, 1.807) is 0 Å². The number of ether oxygens (including phenoxy) is 2. The molecule has 2 fully saturated rings. The van der Waals surface area contributed by atoms with Crippen LogP contribution in [0.5, 0.6) is 11.5 Å². The standard InChI is InChI=1S/C30H25F6NO6S.Na/c31-20-10-18(11-21(14-20)42-27(32)33)17-4-5-24-23(12-17)37(44(40,41)22-3-1-2-19(13-22)30(34,35)36)15-25(43-24)28-6-8-29(16-28,9-7-28)26(38)39;/h1-5,10-14,25,27H,6-9,15-16H2,(H,38,39);/q;+1/p-1/t25-,28?,29?;/m1./s1. The molecule has 3 aliphatic rings. The molecule has 1 aliphatic heterocycles. The number of aliphatic carboxylic acids is 1. The summed E-state index contributed by atoms with van der Waals surface area (Å²) in [6.45, 7) is -3.58. The van der Waals surface area contributed by atoms with Crippen LogP contribution >= 0.6 is 0 Å². The van der Waals surface area contributed by atoms with E-state index in [0.717, 1.165) is 40.7 Å². The maximum atomic E-state index is 14.3. The van der Waals surface area contributed by atoms with Crippen molar-refractivity contribution in [3.63, 3.8) is 0 Å². The van der Waals surface area contributed by atoms with Gasteiger partial charge in [-0.1, -0.05) is 12.1 Å². The Labute approximate surface area is 276 Å². The summed E-state index contributed by atoms with van der Waals surface area (Å²) >= 11 is 0. The number of alkyl halides is 5. The van der Waals surface area contributed by atoms with Crippen LogP contribution in [0.2, 0.25) is 0 Å². The number of carbonyl (C=O) groups is 1. The molecule has 1 heterocycles. The van der Waals surface area contributed by atoms with E-state index in [0.29, 0.717) is 31.7 Å². The number of hydrogen-bond donors (Lipinski definition) is 0. The van der Waals surface area contributed by atoms with Gasteiger partial charge in [-0.2, -0.15) is 22.0 Å². The zero-order chi connectivity index (χ0) is 31.7. The molecule has 7 nitrogen and oxygen atoms in total. The van der Waals surface area contributed by atoms with Gasteiger partial charge in [0.1, 0.15) is 23.4 Å². The molecule has 0 amide bonds. The summed E-state index contributed by atoms with van der Waals surface area (Å²) in [5.41, 5.74) is -2.78. The van der Waals surface area contributed by atoms with Crippen molar-refractivity contribution in [2.24, 2.45) is 10.8 Å². The van der Waals surface area contributed by atoms with Crippen molar-refractivity contribution >= 4 is 21.7 Å². The Kier molecular flexibility index (Phi) is 8.69. The Bertz CT molecular complexity index is 1740. The SMILES string of the molecule is O=C([O-])C12CCC([C@H]3CN(S(=O)(=O)c4cccc(C(F)(F)F)c4)c4cc(-c5cc(F)cc(OC(F)F)c5)ccc4O3)(CC1)C2.[Na+]. The Morgan fingerprint density at radius 3 is 2.33 bits per heavy atom. The molecule has 0 radical (unpaired) electrons. The zero-order valence-electron chi connectivity index (χ0n) is 23.7. The van der Waals surface area contributed by atoms with Crippen LogP contribution in [-0.2, 0) is 21.0 Å². The smallest absolute Gasteiger partial charge is 0.550 e. The van der Waals surface area contributed by atoms with Crippen LogP contribution in [0, 0.1) is 16.6 Å².